The zero-order valence-corrected chi connectivity index (χ0v) is 12.6. The molecule has 2 aromatic rings. The van der Waals surface area contributed by atoms with Gasteiger partial charge in [-0.05, 0) is 30.3 Å². The fourth-order valence-electron chi connectivity index (χ4n) is 2.09. The average molecular weight is 334 g/mol. The maximum absolute atomic E-state index is 14.2. The van der Waals surface area contributed by atoms with E-state index < -0.39 is 23.5 Å². The molecule has 1 unspecified atom stereocenters. The molecule has 6 heteroatoms. The molecule has 21 heavy (non-hydrogen) atoms. The quantitative estimate of drug-likeness (QED) is 0.766. The van der Waals surface area contributed by atoms with Crippen molar-refractivity contribution in [2.45, 2.75) is 13.0 Å². The van der Waals surface area contributed by atoms with E-state index in [1.807, 2.05) is 6.92 Å². The molecule has 1 nitrogen and oxygen atoms in total. The zero-order valence-electron chi connectivity index (χ0n) is 11.1. The van der Waals surface area contributed by atoms with Crippen LogP contribution in [0, 0.1) is 17.5 Å². The lowest BCUT2D eigenvalue weighted by atomic mass is 9.97. The molecule has 0 heterocycles. The van der Waals surface area contributed by atoms with E-state index in [1.54, 1.807) is 6.07 Å². The van der Waals surface area contributed by atoms with Gasteiger partial charge >= 0.3 is 0 Å². The lowest BCUT2D eigenvalue weighted by molar-refractivity contribution is 0.502. The second-order valence-electron chi connectivity index (χ2n) is 4.42. The topological polar surface area (TPSA) is 12.0 Å². The van der Waals surface area contributed by atoms with Gasteiger partial charge in [0.15, 0.2) is 11.6 Å². The Morgan fingerprint density at radius 1 is 1.00 bits per heavy atom. The molecular formula is C15H12Cl2F3N. The second-order valence-corrected chi connectivity index (χ2v) is 5.24. The van der Waals surface area contributed by atoms with Crippen LogP contribution in [0.15, 0.2) is 30.3 Å². The van der Waals surface area contributed by atoms with Crippen molar-refractivity contribution in [3.05, 3.63) is 69.0 Å². The van der Waals surface area contributed by atoms with Gasteiger partial charge in [-0.25, -0.2) is 13.2 Å². The van der Waals surface area contributed by atoms with E-state index in [0.29, 0.717) is 6.54 Å². The van der Waals surface area contributed by atoms with Crippen LogP contribution in [0.1, 0.15) is 24.1 Å². The van der Waals surface area contributed by atoms with Crippen LogP contribution < -0.4 is 5.32 Å². The molecule has 0 aromatic heterocycles. The maximum Gasteiger partial charge on any atom is 0.160 e. The molecule has 0 amide bonds. The van der Waals surface area contributed by atoms with Crippen molar-refractivity contribution >= 4 is 23.2 Å². The molecule has 1 N–H and O–H groups in total. The molecule has 2 aromatic carbocycles. The Labute approximate surface area is 130 Å². The van der Waals surface area contributed by atoms with Crippen LogP contribution in [-0.4, -0.2) is 6.54 Å². The lowest BCUT2D eigenvalue weighted by Gasteiger charge is -2.21. The molecule has 2 rings (SSSR count). The van der Waals surface area contributed by atoms with Crippen LogP contribution in [-0.2, 0) is 0 Å². The lowest BCUT2D eigenvalue weighted by Crippen LogP contribution is -2.23. The molecule has 0 aliphatic rings. The van der Waals surface area contributed by atoms with Crippen LogP contribution in [0.2, 0.25) is 10.0 Å². The number of halogens is 5. The molecule has 0 saturated heterocycles. The number of rotatable bonds is 4. The summed E-state index contributed by atoms with van der Waals surface area (Å²) >= 11 is 11.7. The first-order valence-corrected chi connectivity index (χ1v) is 7.03. The van der Waals surface area contributed by atoms with Gasteiger partial charge in [0.25, 0.3) is 0 Å². The third-order valence-corrected chi connectivity index (χ3v) is 3.67. The Hall–Kier alpha value is -1.23. The Bertz CT molecular complexity index is 662. The largest absolute Gasteiger partial charge is 0.306 e. The van der Waals surface area contributed by atoms with Gasteiger partial charge in [-0.1, -0.05) is 42.3 Å². The normalized spacial score (nSPS) is 12.5. The Kier molecular flexibility index (Phi) is 5.14. The van der Waals surface area contributed by atoms with E-state index in [2.05, 4.69) is 5.32 Å². The summed E-state index contributed by atoms with van der Waals surface area (Å²) in [6.07, 6.45) is 0. The Balaban J connectivity index is 2.59. The van der Waals surface area contributed by atoms with Gasteiger partial charge in [0, 0.05) is 10.6 Å². The molecule has 0 radical (unpaired) electrons. The number of hydrogen-bond donors (Lipinski definition) is 1. The van der Waals surface area contributed by atoms with E-state index in [1.165, 1.54) is 12.1 Å². The minimum Gasteiger partial charge on any atom is -0.306 e. The predicted molar refractivity (Wildman–Crippen MR) is 78.3 cm³/mol. The van der Waals surface area contributed by atoms with E-state index in [0.717, 1.165) is 12.1 Å². The fraction of sp³-hybridized carbons (Fsp3) is 0.200. The van der Waals surface area contributed by atoms with Crippen LogP contribution in [0.4, 0.5) is 13.2 Å². The Morgan fingerprint density at radius 2 is 1.67 bits per heavy atom. The van der Waals surface area contributed by atoms with Crippen molar-refractivity contribution in [1.82, 2.24) is 5.32 Å². The summed E-state index contributed by atoms with van der Waals surface area (Å²) in [6.45, 7) is 2.29. The highest BCUT2D eigenvalue weighted by Gasteiger charge is 2.22. The standard InChI is InChI=1S/C15H12Cl2F3N/c1-2-21-15(8-4-3-5-10(16)14(8)20)9-6-12(18)13(19)7-11(9)17/h3-7,15,21H,2H2,1H3. The SMILES string of the molecule is CCNC(c1cc(F)c(F)cc1Cl)c1cccc(Cl)c1F. The first-order valence-electron chi connectivity index (χ1n) is 6.27. The third kappa shape index (κ3) is 3.34. The van der Waals surface area contributed by atoms with Crippen molar-refractivity contribution in [2.75, 3.05) is 6.54 Å². The molecule has 0 aliphatic heterocycles. The molecule has 0 bridgehead atoms. The van der Waals surface area contributed by atoms with E-state index in [4.69, 9.17) is 23.2 Å². The van der Waals surface area contributed by atoms with Gasteiger partial charge < -0.3 is 5.32 Å². The fourth-order valence-corrected chi connectivity index (χ4v) is 2.54. The number of benzene rings is 2. The summed E-state index contributed by atoms with van der Waals surface area (Å²) in [5, 5.41) is 2.96. The molecule has 1 atom stereocenters. The summed E-state index contributed by atoms with van der Waals surface area (Å²) < 4.78 is 40.8. The molecular weight excluding hydrogens is 322 g/mol. The zero-order chi connectivity index (χ0) is 15.6. The maximum atomic E-state index is 14.2. The summed E-state index contributed by atoms with van der Waals surface area (Å²) in [5.74, 6) is -2.71. The van der Waals surface area contributed by atoms with E-state index in [-0.39, 0.29) is 21.2 Å². The monoisotopic (exact) mass is 333 g/mol. The first kappa shape index (κ1) is 16.1. The van der Waals surface area contributed by atoms with Crippen LogP contribution >= 0.6 is 23.2 Å². The second kappa shape index (κ2) is 6.69. The first-order chi connectivity index (χ1) is 9.95. The number of hydrogen-bond acceptors (Lipinski definition) is 1. The van der Waals surface area contributed by atoms with Crippen molar-refractivity contribution in [2.24, 2.45) is 0 Å². The van der Waals surface area contributed by atoms with Gasteiger partial charge in [-0.3, -0.25) is 0 Å². The van der Waals surface area contributed by atoms with E-state index in [9.17, 15) is 13.2 Å². The van der Waals surface area contributed by atoms with Crippen molar-refractivity contribution in [3.63, 3.8) is 0 Å². The van der Waals surface area contributed by atoms with Crippen LogP contribution in [0.25, 0.3) is 0 Å². The highest BCUT2D eigenvalue weighted by molar-refractivity contribution is 6.31. The highest BCUT2D eigenvalue weighted by atomic mass is 35.5. The average Bonchev–Trinajstić information content (AvgIpc) is 2.44. The summed E-state index contributed by atoms with van der Waals surface area (Å²) in [7, 11) is 0. The van der Waals surface area contributed by atoms with Crippen molar-refractivity contribution in [3.8, 4) is 0 Å². The molecule has 0 spiro atoms. The Morgan fingerprint density at radius 3 is 2.33 bits per heavy atom. The third-order valence-electron chi connectivity index (χ3n) is 3.05. The van der Waals surface area contributed by atoms with E-state index >= 15 is 0 Å². The highest BCUT2D eigenvalue weighted by Crippen LogP contribution is 2.33. The summed E-state index contributed by atoms with van der Waals surface area (Å²) in [5.41, 5.74) is 0.468. The van der Waals surface area contributed by atoms with Gasteiger partial charge in [0.05, 0.1) is 11.1 Å². The minimum atomic E-state index is -1.05. The van der Waals surface area contributed by atoms with Crippen LogP contribution in [0.5, 0.6) is 0 Å². The van der Waals surface area contributed by atoms with Gasteiger partial charge in [0.2, 0.25) is 0 Å². The van der Waals surface area contributed by atoms with Gasteiger partial charge in [0.1, 0.15) is 5.82 Å². The van der Waals surface area contributed by atoms with Crippen molar-refractivity contribution in [1.29, 1.82) is 0 Å². The molecule has 112 valence electrons. The predicted octanol–water partition coefficient (Wildman–Crippen LogP) is 5.11. The molecule has 0 saturated carbocycles. The van der Waals surface area contributed by atoms with Gasteiger partial charge in [-0.15, -0.1) is 0 Å². The summed E-state index contributed by atoms with van der Waals surface area (Å²) in [6, 6.07) is 5.63. The minimum absolute atomic E-state index is 0.0132. The van der Waals surface area contributed by atoms with Gasteiger partial charge in [-0.2, -0.15) is 0 Å². The molecule has 0 aliphatic carbocycles. The molecule has 0 fully saturated rings. The van der Waals surface area contributed by atoms with Crippen molar-refractivity contribution < 1.29 is 13.2 Å². The smallest absolute Gasteiger partial charge is 0.160 e. The summed E-state index contributed by atoms with van der Waals surface area (Å²) in [4.78, 5) is 0. The number of nitrogens with one attached hydrogen (secondary N) is 1. The van der Waals surface area contributed by atoms with Crippen LogP contribution in [0.3, 0.4) is 0 Å².